The standard InChI is InChI=1S/C15H17N5O2/c1-21-12-4-2-3-11(7-12)8-22-6-5-16-14-13-15(18-9-17-13)20-10-19-14/h2-4,7,9-10H,5-6,8H2,1H3,(H2,16,17,18,19,20). The van der Waals surface area contributed by atoms with Gasteiger partial charge in [0.25, 0.3) is 0 Å². The molecule has 7 heteroatoms. The fourth-order valence-corrected chi connectivity index (χ4v) is 2.09. The number of methoxy groups -OCH3 is 1. The Bertz CT molecular complexity index is 743. The highest BCUT2D eigenvalue weighted by molar-refractivity contribution is 5.81. The fourth-order valence-electron chi connectivity index (χ4n) is 2.09. The summed E-state index contributed by atoms with van der Waals surface area (Å²) in [6, 6.07) is 7.84. The molecule has 0 fully saturated rings. The van der Waals surface area contributed by atoms with E-state index in [0.29, 0.717) is 25.4 Å². The number of anilines is 1. The zero-order valence-corrected chi connectivity index (χ0v) is 12.2. The van der Waals surface area contributed by atoms with Crippen molar-refractivity contribution in [3.63, 3.8) is 0 Å². The van der Waals surface area contributed by atoms with Crippen molar-refractivity contribution in [2.24, 2.45) is 0 Å². The van der Waals surface area contributed by atoms with Crippen LogP contribution in [-0.2, 0) is 11.3 Å². The number of benzene rings is 1. The first-order valence-electron chi connectivity index (χ1n) is 6.95. The molecule has 0 aliphatic carbocycles. The van der Waals surface area contributed by atoms with Gasteiger partial charge in [0.1, 0.15) is 17.6 Å². The first-order chi connectivity index (χ1) is 10.9. The molecule has 22 heavy (non-hydrogen) atoms. The molecular formula is C15H17N5O2. The van der Waals surface area contributed by atoms with E-state index in [2.05, 4.69) is 25.3 Å². The van der Waals surface area contributed by atoms with Crippen LogP contribution in [0.2, 0.25) is 0 Å². The van der Waals surface area contributed by atoms with Gasteiger partial charge in [0.2, 0.25) is 0 Å². The topological polar surface area (TPSA) is 84.9 Å². The number of nitrogens with one attached hydrogen (secondary N) is 2. The molecule has 1 aromatic carbocycles. The SMILES string of the molecule is COc1cccc(COCCNc2ncnc3nc[nH]c23)c1. The van der Waals surface area contributed by atoms with Gasteiger partial charge in [0, 0.05) is 6.54 Å². The van der Waals surface area contributed by atoms with Crippen LogP contribution in [0.3, 0.4) is 0 Å². The van der Waals surface area contributed by atoms with Crippen LogP contribution < -0.4 is 10.1 Å². The van der Waals surface area contributed by atoms with Crippen LogP contribution in [0.4, 0.5) is 5.82 Å². The smallest absolute Gasteiger partial charge is 0.182 e. The number of aromatic nitrogens is 4. The summed E-state index contributed by atoms with van der Waals surface area (Å²) in [4.78, 5) is 15.4. The van der Waals surface area contributed by atoms with Gasteiger partial charge in [-0.25, -0.2) is 15.0 Å². The fraction of sp³-hybridized carbons (Fsp3) is 0.267. The second kappa shape index (κ2) is 6.86. The third-order valence-corrected chi connectivity index (χ3v) is 3.16. The van der Waals surface area contributed by atoms with Crippen molar-refractivity contribution in [1.29, 1.82) is 0 Å². The molecule has 3 aromatic rings. The Morgan fingerprint density at radius 1 is 1.23 bits per heavy atom. The van der Waals surface area contributed by atoms with Crippen LogP contribution in [-0.4, -0.2) is 40.2 Å². The van der Waals surface area contributed by atoms with Gasteiger partial charge in [-0.05, 0) is 17.7 Å². The molecule has 0 bridgehead atoms. The summed E-state index contributed by atoms with van der Waals surface area (Å²) in [5, 5.41) is 3.21. The van der Waals surface area contributed by atoms with E-state index in [9.17, 15) is 0 Å². The van der Waals surface area contributed by atoms with Crippen molar-refractivity contribution in [1.82, 2.24) is 19.9 Å². The third-order valence-electron chi connectivity index (χ3n) is 3.16. The molecule has 0 unspecified atom stereocenters. The summed E-state index contributed by atoms with van der Waals surface area (Å²) in [5.41, 5.74) is 2.53. The van der Waals surface area contributed by atoms with Gasteiger partial charge < -0.3 is 19.8 Å². The first kappa shape index (κ1) is 14.3. The number of ether oxygens (including phenoxy) is 2. The summed E-state index contributed by atoms with van der Waals surface area (Å²) in [7, 11) is 1.65. The Kier molecular flexibility index (Phi) is 4.45. The van der Waals surface area contributed by atoms with Crippen molar-refractivity contribution >= 4 is 17.0 Å². The Morgan fingerprint density at radius 3 is 3.09 bits per heavy atom. The number of hydrogen-bond acceptors (Lipinski definition) is 6. The third kappa shape index (κ3) is 3.32. The van der Waals surface area contributed by atoms with E-state index in [1.54, 1.807) is 13.4 Å². The Balaban J connectivity index is 1.46. The maximum Gasteiger partial charge on any atom is 0.182 e. The second-order valence-corrected chi connectivity index (χ2v) is 4.65. The van der Waals surface area contributed by atoms with Crippen LogP contribution in [0, 0.1) is 0 Å². The zero-order valence-electron chi connectivity index (χ0n) is 12.2. The largest absolute Gasteiger partial charge is 0.497 e. The summed E-state index contributed by atoms with van der Waals surface area (Å²) in [6.45, 7) is 1.76. The number of rotatable bonds is 7. The van der Waals surface area contributed by atoms with Gasteiger partial charge >= 0.3 is 0 Å². The van der Waals surface area contributed by atoms with Crippen LogP contribution in [0.25, 0.3) is 11.2 Å². The van der Waals surface area contributed by atoms with Gasteiger partial charge in [-0.2, -0.15) is 0 Å². The number of H-pyrrole nitrogens is 1. The molecule has 0 amide bonds. The lowest BCUT2D eigenvalue weighted by Gasteiger charge is -2.08. The highest BCUT2D eigenvalue weighted by atomic mass is 16.5. The zero-order chi connectivity index (χ0) is 15.2. The molecule has 0 saturated carbocycles. The minimum atomic E-state index is 0.544. The number of hydrogen-bond donors (Lipinski definition) is 2. The van der Waals surface area contributed by atoms with E-state index in [1.165, 1.54) is 6.33 Å². The minimum absolute atomic E-state index is 0.544. The Hall–Kier alpha value is -2.67. The van der Waals surface area contributed by atoms with Gasteiger partial charge in [0.05, 0.1) is 26.7 Å². The van der Waals surface area contributed by atoms with Crippen molar-refractivity contribution < 1.29 is 9.47 Å². The van der Waals surface area contributed by atoms with Gasteiger partial charge in [-0.15, -0.1) is 0 Å². The molecular weight excluding hydrogens is 282 g/mol. The second-order valence-electron chi connectivity index (χ2n) is 4.65. The van der Waals surface area contributed by atoms with E-state index in [4.69, 9.17) is 9.47 Å². The molecule has 2 N–H and O–H groups in total. The molecule has 3 rings (SSSR count). The summed E-state index contributed by atoms with van der Waals surface area (Å²) in [5.74, 6) is 1.56. The predicted molar refractivity (Wildman–Crippen MR) is 82.8 cm³/mol. The molecule has 114 valence electrons. The molecule has 0 saturated heterocycles. The van der Waals surface area contributed by atoms with Crippen molar-refractivity contribution in [3.8, 4) is 5.75 Å². The first-order valence-corrected chi connectivity index (χ1v) is 6.95. The summed E-state index contributed by atoms with van der Waals surface area (Å²) in [6.07, 6.45) is 3.09. The minimum Gasteiger partial charge on any atom is -0.497 e. The molecule has 0 aliphatic heterocycles. The van der Waals surface area contributed by atoms with Crippen LogP contribution in [0.1, 0.15) is 5.56 Å². The molecule has 0 atom stereocenters. The van der Waals surface area contributed by atoms with E-state index < -0.39 is 0 Å². The molecule has 2 heterocycles. The number of aromatic amines is 1. The highest BCUT2D eigenvalue weighted by Gasteiger charge is 2.04. The Morgan fingerprint density at radius 2 is 2.18 bits per heavy atom. The van der Waals surface area contributed by atoms with E-state index in [-0.39, 0.29) is 0 Å². The van der Waals surface area contributed by atoms with Crippen molar-refractivity contribution in [2.75, 3.05) is 25.6 Å². The van der Waals surface area contributed by atoms with Crippen molar-refractivity contribution in [3.05, 3.63) is 42.5 Å². The average molecular weight is 299 g/mol. The number of fused-ring (bicyclic) bond motifs is 1. The normalized spacial score (nSPS) is 10.8. The van der Waals surface area contributed by atoms with Crippen LogP contribution in [0.5, 0.6) is 5.75 Å². The molecule has 7 nitrogen and oxygen atoms in total. The number of nitrogens with zero attached hydrogens (tertiary/aromatic N) is 3. The molecule has 0 aliphatic rings. The summed E-state index contributed by atoms with van der Waals surface area (Å²) < 4.78 is 10.8. The lowest BCUT2D eigenvalue weighted by atomic mass is 10.2. The van der Waals surface area contributed by atoms with Crippen LogP contribution >= 0.6 is 0 Å². The monoisotopic (exact) mass is 299 g/mol. The average Bonchev–Trinajstić information content (AvgIpc) is 3.04. The van der Waals surface area contributed by atoms with E-state index in [0.717, 1.165) is 22.6 Å². The van der Waals surface area contributed by atoms with Crippen molar-refractivity contribution in [2.45, 2.75) is 6.61 Å². The molecule has 0 radical (unpaired) electrons. The predicted octanol–water partition coefficient (Wildman–Crippen LogP) is 1.99. The van der Waals surface area contributed by atoms with E-state index in [1.807, 2.05) is 24.3 Å². The van der Waals surface area contributed by atoms with Gasteiger partial charge in [-0.1, -0.05) is 12.1 Å². The quantitative estimate of drug-likeness (QED) is 0.649. The highest BCUT2D eigenvalue weighted by Crippen LogP contribution is 2.14. The van der Waals surface area contributed by atoms with Gasteiger partial charge in [-0.3, -0.25) is 0 Å². The van der Waals surface area contributed by atoms with Crippen LogP contribution in [0.15, 0.2) is 36.9 Å². The van der Waals surface area contributed by atoms with Gasteiger partial charge in [0.15, 0.2) is 11.5 Å². The molecule has 0 spiro atoms. The lowest BCUT2D eigenvalue weighted by molar-refractivity contribution is 0.130. The summed E-state index contributed by atoms with van der Waals surface area (Å²) >= 11 is 0. The molecule has 2 aromatic heterocycles. The lowest BCUT2D eigenvalue weighted by Crippen LogP contribution is -2.11. The van der Waals surface area contributed by atoms with E-state index >= 15 is 0 Å². The Labute approximate surface area is 127 Å². The maximum atomic E-state index is 5.65. The maximum absolute atomic E-state index is 5.65. The number of imidazole rings is 1.